The standard InChI is InChI=1S/C13H20BrN/c1-9-5-10-6-12-3-2-4-15(12)8-11(10)7-13(9)14/h7,9-12H,2-6,8H2,1H3/t9-,10-,11+,12?/m1/s1. The van der Waals surface area contributed by atoms with Gasteiger partial charge >= 0.3 is 0 Å². The van der Waals surface area contributed by atoms with Crippen LogP contribution in [-0.4, -0.2) is 24.0 Å². The summed E-state index contributed by atoms with van der Waals surface area (Å²) in [6, 6.07) is 0.934. The summed E-state index contributed by atoms with van der Waals surface area (Å²) in [4.78, 5) is 2.73. The molecule has 1 unspecified atom stereocenters. The summed E-state index contributed by atoms with van der Waals surface area (Å²) >= 11 is 3.73. The van der Waals surface area contributed by atoms with Gasteiger partial charge in [-0.25, -0.2) is 0 Å². The highest BCUT2D eigenvalue weighted by molar-refractivity contribution is 9.11. The van der Waals surface area contributed by atoms with Gasteiger partial charge in [0.1, 0.15) is 0 Å². The van der Waals surface area contributed by atoms with Crippen LogP contribution in [0.3, 0.4) is 0 Å². The first-order valence-electron chi connectivity index (χ1n) is 6.35. The maximum absolute atomic E-state index is 3.73. The summed E-state index contributed by atoms with van der Waals surface area (Å²) in [5.74, 6) is 2.57. The van der Waals surface area contributed by atoms with E-state index in [2.05, 4.69) is 33.8 Å². The molecule has 0 aromatic carbocycles. The van der Waals surface area contributed by atoms with Gasteiger partial charge in [-0.1, -0.05) is 28.9 Å². The molecule has 2 heterocycles. The Morgan fingerprint density at radius 3 is 3.13 bits per heavy atom. The monoisotopic (exact) mass is 269 g/mol. The van der Waals surface area contributed by atoms with Crippen molar-refractivity contribution in [2.75, 3.05) is 13.1 Å². The largest absolute Gasteiger partial charge is 0.300 e. The van der Waals surface area contributed by atoms with Crippen LogP contribution in [0.25, 0.3) is 0 Å². The molecule has 0 bridgehead atoms. The van der Waals surface area contributed by atoms with E-state index in [4.69, 9.17) is 0 Å². The maximum atomic E-state index is 3.73. The van der Waals surface area contributed by atoms with Gasteiger partial charge in [-0.2, -0.15) is 0 Å². The molecular formula is C13H20BrN. The zero-order chi connectivity index (χ0) is 10.4. The Balaban J connectivity index is 1.79. The Kier molecular flexibility index (Phi) is 2.68. The van der Waals surface area contributed by atoms with Gasteiger partial charge in [-0.05, 0) is 54.5 Å². The third-order valence-electron chi connectivity index (χ3n) is 4.63. The zero-order valence-corrected chi connectivity index (χ0v) is 11.0. The third kappa shape index (κ3) is 1.80. The number of hydrogen-bond acceptors (Lipinski definition) is 1. The molecule has 2 saturated heterocycles. The summed E-state index contributed by atoms with van der Waals surface area (Å²) < 4.78 is 1.46. The zero-order valence-electron chi connectivity index (χ0n) is 9.45. The van der Waals surface area contributed by atoms with Crippen molar-refractivity contribution in [3.05, 3.63) is 10.6 Å². The average molecular weight is 270 g/mol. The van der Waals surface area contributed by atoms with E-state index in [-0.39, 0.29) is 0 Å². The lowest BCUT2D eigenvalue weighted by atomic mass is 9.73. The predicted octanol–water partition coefficient (Wildman–Crippen LogP) is 3.41. The molecule has 2 fully saturated rings. The number of fused-ring (bicyclic) bond motifs is 2. The number of nitrogens with zero attached hydrogens (tertiary/aromatic N) is 1. The van der Waals surface area contributed by atoms with Crippen LogP contribution in [0.15, 0.2) is 10.6 Å². The lowest BCUT2D eigenvalue weighted by Crippen LogP contribution is -2.44. The minimum absolute atomic E-state index is 0.763. The summed E-state index contributed by atoms with van der Waals surface area (Å²) in [5, 5.41) is 0. The average Bonchev–Trinajstić information content (AvgIpc) is 2.63. The smallest absolute Gasteiger partial charge is 0.00988 e. The number of rotatable bonds is 0. The first-order valence-corrected chi connectivity index (χ1v) is 7.14. The fourth-order valence-electron chi connectivity index (χ4n) is 3.74. The van der Waals surface area contributed by atoms with E-state index < -0.39 is 0 Å². The maximum Gasteiger partial charge on any atom is 0.00988 e. The van der Waals surface area contributed by atoms with Crippen LogP contribution in [0.4, 0.5) is 0 Å². The molecule has 4 atom stereocenters. The van der Waals surface area contributed by atoms with Crippen LogP contribution < -0.4 is 0 Å². The van der Waals surface area contributed by atoms with E-state index in [1.165, 1.54) is 43.3 Å². The Bertz CT molecular complexity index is 286. The van der Waals surface area contributed by atoms with Gasteiger partial charge in [0, 0.05) is 12.6 Å². The van der Waals surface area contributed by atoms with Crippen molar-refractivity contribution in [1.29, 1.82) is 0 Å². The van der Waals surface area contributed by atoms with Gasteiger partial charge in [-0.3, -0.25) is 4.90 Å². The van der Waals surface area contributed by atoms with Crippen LogP contribution in [0.2, 0.25) is 0 Å². The third-order valence-corrected chi connectivity index (χ3v) is 5.67. The van der Waals surface area contributed by atoms with Gasteiger partial charge in [0.05, 0.1) is 0 Å². The van der Waals surface area contributed by atoms with Crippen molar-refractivity contribution in [3.63, 3.8) is 0 Å². The highest BCUT2D eigenvalue weighted by Gasteiger charge is 2.39. The minimum Gasteiger partial charge on any atom is -0.300 e. The molecule has 0 saturated carbocycles. The van der Waals surface area contributed by atoms with Gasteiger partial charge < -0.3 is 0 Å². The van der Waals surface area contributed by atoms with Crippen molar-refractivity contribution in [2.45, 2.75) is 38.6 Å². The van der Waals surface area contributed by atoms with Gasteiger partial charge in [-0.15, -0.1) is 0 Å². The molecule has 1 aliphatic carbocycles. The predicted molar refractivity (Wildman–Crippen MR) is 67.0 cm³/mol. The first kappa shape index (κ1) is 10.3. The molecule has 15 heavy (non-hydrogen) atoms. The van der Waals surface area contributed by atoms with Gasteiger partial charge in [0.2, 0.25) is 0 Å². The topological polar surface area (TPSA) is 3.24 Å². The van der Waals surface area contributed by atoms with Crippen LogP contribution in [0.5, 0.6) is 0 Å². The first-order chi connectivity index (χ1) is 7.24. The molecule has 0 N–H and O–H groups in total. The molecule has 0 spiro atoms. The Hall–Kier alpha value is 0.180. The Morgan fingerprint density at radius 2 is 2.27 bits per heavy atom. The van der Waals surface area contributed by atoms with Gasteiger partial charge in [0.25, 0.3) is 0 Å². The summed E-state index contributed by atoms with van der Waals surface area (Å²) in [6.45, 7) is 5.05. The van der Waals surface area contributed by atoms with Crippen molar-refractivity contribution in [1.82, 2.24) is 4.90 Å². The van der Waals surface area contributed by atoms with Crippen LogP contribution in [0.1, 0.15) is 32.6 Å². The second-order valence-corrected chi connectivity index (χ2v) is 6.55. The molecule has 3 rings (SSSR count). The van der Waals surface area contributed by atoms with Crippen molar-refractivity contribution < 1.29 is 0 Å². The van der Waals surface area contributed by atoms with Gasteiger partial charge in [0.15, 0.2) is 0 Å². The number of hydrogen-bond donors (Lipinski definition) is 0. The Labute approximate surface area is 101 Å². The van der Waals surface area contributed by atoms with E-state index >= 15 is 0 Å². The SMILES string of the molecule is C[C@@H]1C[C@@H]2CC3CCCN3C[C@@H]2C=C1Br. The summed E-state index contributed by atoms with van der Waals surface area (Å²) in [7, 11) is 0. The summed E-state index contributed by atoms with van der Waals surface area (Å²) in [5.41, 5.74) is 0. The highest BCUT2D eigenvalue weighted by atomic mass is 79.9. The molecule has 0 aromatic rings. The lowest BCUT2D eigenvalue weighted by molar-refractivity contribution is 0.0989. The molecule has 2 aliphatic heterocycles. The van der Waals surface area contributed by atoms with E-state index in [0.717, 1.165) is 23.8 Å². The molecular weight excluding hydrogens is 250 g/mol. The van der Waals surface area contributed by atoms with E-state index in [1.54, 1.807) is 0 Å². The number of piperidine rings is 1. The fraction of sp³-hybridized carbons (Fsp3) is 0.846. The molecule has 0 radical (unpaired) electrons. The second-order valence-electron chi connectivity index (χ2n) is 5.64. The van der Waals surface area contributed by atoms with Crippen LogP contribution in [-0.2, 0) is 0 Å². The normalized spacial score (nSPS) is 45.9. The molecule has 1 nitrogen and oxygen atoms in total. The Morgan fingerprint density at radius 1 is 1.40 bits per heavy atom. The van der Waals surface area contributed by atoms with E-state index in [9.17, 15) is 0 Å². The van der Waals surface area contributed by atoms with E-state index in [1.807, 2.05) is 0 Å². The number of allylic oxidation sites excluding steroid dienone is 1. The molecule has 3 aliphatic rings. The molecule has 0 amide bonds. The van der Waals surface area contributed by atoms with E-state index in [0.29, 0.717) is 0 Å². The van der Waals surface area contributed by atoms with Crippen molar-refractivity contribution in [2.24, 2.45) is 17.8 Å². The van der Waals surface area contributed by atoms with Crippen molar-refractivity contribution in [3.8, 4) is 0 Å². The van der Waals surface area contributed by atoms with Crippen LogP contribution in [0, 0.1) is 17.8 Å². The molecule has 84 valence electrons. The summed E-state index contributed by atoms with van der Waals surface area (Å²) in [6.07, 6.45) is 8.28. The molecule has 0 aromatic heterocycles. The minimum atomic E-state index is 0.763. The lowest BCUT2D eigenvalue weighted by Gasteiger charge is -2.43. The second kappa shape index (κ2) is 3.89. The quantitative estimate of drug-likeness (QED) is 0.652. The fourth-order valence-corrected chi connectivity index (χ4v) is 4.27. The molecule has 2 heteroatoms. The van der Waals surface area contributed by atoms with Crippen molar-refractivity contribution >= 4 is 15.9 Å². The van der Waals surface area contributed by atoms with Crippen LogP contribution >= 0.6 is 15.9 Å². The highest BCUT2D eigenvalue weighted by Crippen LogP contribution is 2.43. The number of halogens is 1.